The van der Waals surface area contributed by atoms with E-state index in [0.717, 1.165) is 9.89 Å². The first-order valence-corrected chi connectivity index (χ1v) is 3.47. The van der Waals surface area contributed by atoms with Gasteiger partial charge in [-0.1, -0.05) is 0 Å². The molecule has 0 aliphatic carbocycles. The van der Waals surface area contributed by atoms with E-state index in [4.69, 9.17) is 0 Å². The second-order valence-corrected chi connectivity index (χ2v) is 2.59. The van der Waals surface area contributed by atoms with Gasteiger partial charge in [0.2, 0.25) is 6.67 Å². The Morgan fingerprint density at radius 3 is 3.56 bits per heavy atom. The van der Waals surface area contributed by atoms with Gasteiger partial charge in [0.05, 0.1) is 0 Å². The van der Waals surface area contributed by atoms with E-state index >= 15 is 0 Å². The SMILES string of the molecule is [C]1N=c2sccc2=CN1. The van der Waals surface area contributed by atoms with Gasteiger partial charge in [-0.3, -0.25) is 0 Å². The van der Waals surface area contributed by atoms with Crippen LogP contribution >= 0.6 is 11.3 Å². The molecule has 2 heterocycles. The van der Waals surface area contributed by atoms with Crippen LogP contribution < -0.4 is 15.2 Å². The summed E-state index contributed by atoms with van der Waals surface area (Å²) < 4.78 is 1.04. The summed E-state index contributed by atoms with van der Waals surface area (Å²) >= 11 is 1.62. The quantitative estimate of drug-likeness (QED) is 0.520. The van der Waals surface area contributed by atoms with Crippen molar-refractivity contribution >= 4 is 17.5 Å². The first kappa shape index (κ1) is 4.99. The van der Waals surface area contributed by atoms with E-state index in [0.29, 0.717) is 0 Å². The van der Waals surface area contributed by atoms with Gasteiger partial charge in [0, 0.05) is 11.4 Å². The minimum atomic E-state index is 1.04. The Hall–Kier alpha value is -0.830. The number of thiophene rings is 1. The van der Waals surface area contributed by atoms with Crippen molar-refractivity contribution in [3.63, 3.8) is 0 Å². The highest BCUT2D eigenvalue weighted by Crippen LogP contribution is 1.84. The molecule has 1 N–H and O–H groups in total. The molecule has 0 amide bonds. The molecular formula is C6H4N2S. The zero-order valence-corrected chi connectivity index (χ0v) is 5.40. The molecule has 0 fully saturated rings. The van der Waals surface area contributed by atoms with Gasteiger partial charge in [-0.15, -0.1) is 11.3 Å². The van der Waals surface area contributed by atoms with Crippen molar-refractivity contribution in [3.05, 3.63) is 28.0 Å². The number of nitrogens with zero attached hydrogens (tertiary/aromatic N) is 1. The van der Waals surface area contributed by atoms with E-state index in [2.05, 4.69) is 17.0 Å². The van der Waals surface area contributed by atoms with Gasteiger partial charge >= 0.3 is 0 Å². The Balaban J connectivity index is 2.89. The maximum Gasteiger partial charge on any atom is 0.227 e. The van der Waals surface area contributed by atoms with Crippen molar-refractivity contribution in [2.75, 3.05) is 0 Å². The predicted octanol–water partition coefficient (Wildman–Crippen LogP) is -0.295. The van der Waals surface area contributed by atoms with Crippen molar-refractivity contribution in [1.29, 1.82) is 0 Å². The summed E-state index contributed by atoms with van der Waals surface area (Å²) in [6.45, 7) is 2.66. The number of fused-ring (bicyclic) bond motifs is 1. The van der Waals surface area contributed by atoms with Gasteiger partial charge < -0.3 is 5.32 Å². The van der Waals surface area contributed by atoms with Crippen LogP contribution in [0.1, 0.15) is 0 Å². The summed E-state index contributed by atoms with van der Waals surface area (Å²) in [5.74, 6) is 0. The molecule has 2 rings (SSSR count). The van der Waals surface area contributed by atoms with Crippen LogP contribution in [0.2, 0.25) is 0 Å². The second-order valence-electron chi connectivity index (χ2n) is 1.69. The lowest BCUT2D eigenvalue weighted by Gasteiger charge is -1.93. The highest BCUT2D eigenvalue weighted by Gasteiger charge is 1.92. The second kappa shape index (κ2) is 1.84. The highest BCUT2D eigenvalue weighted by atomic mass is 32.1. The highest BCUT2D eigenvalue weighted by molar-refractivity contribution is 7.07. The molecule has 1 aliphatic rings. The molecule has 0 atom stereocenters. The van der Waals surface area contributed by atoms with E-state index in [-0.39, 0.29) is 0 Å². The molecule has 2 radical (unpaired) electrons. The molecule has 0 saturated carbocycles. The zero-order chi connectivity index (χ0) is 6.10. The van der Waals surface area contributed by atoms with Crippen LogP contribution in [0, 0.1) is 6.67 Å². The third-order valence-electron chi connectivity index (χ3n) is 1.12. The zero-order valence-electron chi connectivity index (χ0n) is 4.59. The number of hydrogen-bond acceptors (Lipinski definition) is 3. The van der Waals surface area contributed by atoms with E-state index in [9.17, 15) is 0 Å². The Morgan fingerprint density at radius 2 is 2.67 bits per heavy atom. The molecule has 0 bridgehead atoms. The average molecular weight is 136 g/mol. The summed E-state index contributed by atoms with van der Waals surface area (Å²) in [6.07, 6.45) is 1.89. The minimum absolute atomic E-state index is 1.04. The van der Waals surface area contributed by atoms with Gasteiger partial charge in [-0.05, 0) is 11.4 Å². The summed E-state index contributed by atoms with van der Waals surface area (Å²) in [5, 5.41) is 5.96. The van der Waals surface area contributed by atoms with E-state index in [1.165, 1.54) is 0 Å². The van der Waals surface area contributed by atoms with Crippen molar-refractivity contribution in [2.45, 2.75) is 0 Å². The van der Waals surface area contributed by atoms with Crippen LogP contribution in [0.25, 0.3) is 6.20 Å². The maximum atomic E-state index is 3.98. The van der Waals surface area contributed by atoms with Crippen molar-refractivity contribution in [1.82, 2.24) is 5.32 Å². The molecule has 0 spiro atoms. The lowest BCUT2D eigenvalue weighted by atomic mass is 10.5. The molecular weight excluding hydrogens is 132 g/mol. The van der Waals surface area contributed by atoms with Gasteiger partial charge in [0.1, 0.15) is 4.67 Å². The normalized spacial score (nSPS) is 14.7. The standard InChI is InChI=1S/C6H4N2S/c1-2-9-6-5(1)3-7-4-8-6/h1-3,7H. The monoisotopic (exact) mass is 136 g/mol. The van der Waals surface area contributed by atoms with E-state index in [1.54, 1.807) is 11.3 Å². The van der Waals surface area contributed by atoms with Crippen molar-refractivity contribution in [3.8, 4) is 0 Å². The third-order valence-corrected chi connectivity index (χ3v) is 1.95. The van der Waals surface area contributed by atoms with Crippen LogP contribution in [0.4, 0.5) is 0 Å². The molecule has 9 heavy (non-hydrogen) atoms. The Bertz CT molecular complexity index is 282. The lowest BCUT2D eigenvalue weighted by molar-refractivity contribution is 1.01. The topological polar surface area (TPSA) is 24.4 Å². The molecule has 1 aromatic rings. The van der Waals surface area contributed by atoms with Gasteiger partial charge in [0.15, 0.2) is 0 Å². The Morgan fingerprint density at radius 1 is 1.67 bits per heavy atom. The molecule has 0 unspecified atom stereocenters. The molecule has 0 aromatic carbocycles. The fourth-order valence-corrected chi connectivity index (χ4v) is 1.41. The first-order valence-electron chi connectivity index (χ1n) is 2.59. The molecule has 0 saturated heterocycles. The fraction of sp³-hybridized carbons (Fsp3) is 0. The Labute approximate surface area is 56.6 Å². The third kappa shape index (κ3) is 0.733. The van der Waals surface area contributed by atoms with Crippen LogP contribution in [0.5, 0.6) is 0 Å². The van der Waals surface area contributed by atoms with Crippen LogP contribution in [0.15, 0.2) is 16.4 Å². The number of hydrogen-bond donors (Lipinski definition) is 1. The predicted molar refractivity (Wildman–Crippen MR) is 35.9 cm³/mol. The van der Waals surface area contributed by atoms with Crippen LogP contribution in [0.3, 0.4) is 0 Å². The lowest BCUT2D eigenvalue weighted by Crippen LogP contribution is -2.26. The molecule has 2 nitrogen and oxygen atoms in total. The van der Waals surface area contributed by atoms with Crippen LogP contribution in [-0.4, -0.2) is 0 Å². The van der Waals surface area contributed by atoms with Crippen LogP contribution in [-0.2, 0) is 0 Å². The summed E-state index contributed by atoms with van der Waals surface area (Å²) in [7, 11) is 0. The Kier molecular flexibility index (Phi) is 1.02. The summed E-state index contributed by atoms with van der Waals surface area (Å²) in [5.41, 5.74) is 0. The summed E-state index contributed by atoms with van der Waals surface area (Å²) in [6, 6.07) is 2.03. The molecule has 3 heteroatoms. The van der Waals surface area contributed by atoms with E-state index < -0.39 is 0 Å². The molecule has 1 aliphatic heterocycles. The fourth-order valence-electron chi connectivity index (χ4n) is 0.705. The van der Waals surface area contributed by atoms with Gasteiger partial charge in [-0.25, -0.2) is 4.99 Å². The van der Waals surface area contributed by atoms with Gasteiger partial charge in [0.25, 0.3) is 0 Å². The molecule has 1 aromatic heterocycles. The number of rotatable bonds is 0. The summed E-state index contributed by atoms with van der Waals surface area (Å²) in [4.78, 5) is 3.98. The average Bonchev–Trinajstić information content (AvgIpc) is 2.33. The van der Waals surface area contributed by atoms with Crippen molar-refractivity contribution < 1.29 is 0 Å². The van der Waals surface area contributed by atoms with Crippen molar-refractivity contribution in [2.24, 2.45) is 4.99 Å². The van der Waals surface area contributed by atoms with Gasteiger partial charge in [-0.2, -0.15) is 0 Å². The number of nitrogens with one attached hydrogen (secondary N) is 1. The molecule has 44 valence electrons. The smallest absolute Gasteiger partial charge is 0.227 e. The minimum Gasteiger partial charge on any atom is -0.359 e. The maximum absolute atomic E-state index is 3.98. The van der Waals surface area contributed by atoms with E-state index in [1.807, 2.05) is 17.6 Å². The largest absolute Gasteiger partial charge is 0.359 e. The first-order chi connectivity index (χ1) is 4.47.